The molecule has 0 aromatic heterocycles. The normalized spacial score (nSPS) is 17.2. The maximum atomic E-state index is 12.6. The van der Waals surface area contributed by atoms with Crippen molar-refractivity contribution in [3.05, 3.63) is 64.6 Å². The van der Waals surface area contributed by atoms with Crippen molar-refractivity contribution < 1.29 is 14.3 Å². The smallest absolute Gasteiger partial charge is 0.355 e. The zero-order chi connectivity index (χ0) is 17.8. The van der Waals surface area contributed by atoms with Gasteiger partial charge in [0.05, 0.1) is 12.3 Å². The van der Waals surface area contributed by atoms with Gasteiger partial charge in [-0.05, 0) is 36.8 Å². The van der Waals surface area contributed by atoms with Crippen LogP contribution in [0.2, 0.25) is 0 Å². The van der Waals surface area contributed by atoms with Gasteiger partial charge in [0.15, 0.2) is 5.71 Å². The lowest BCUT2D eigenvalue weighted by Gasteiger charge is -2.28. The first kappa shape index (κ1) is 17.4. The first-order valence-corrected chi connectivity index (χ1v) is 8.78. The molecule has 25 heavy (non-hydrogen) atoms. The van der Waals surface area contributed by atoms with Crippen molar-refractivity contribution >= 4 is 39.2 Å². The van der Waals surface area contributed by atoms with Crippen molar-refractivity contribution in [2.75, 3.05) is 11.6 Å². The molecule has 0 aliphatic carbocycles. The van der Waals surface area contributed by atoms with Crippen LogP contribution in [0.4, 0.5) is 5.69 Å². The average molecular weight is 401 g/mol. The number of hydrogen-bond acceptors (Lipinski definition) is 4. The molecule has 2 aromatic rings. The zero-order valence-corrected chi connectivity index (χ0v) is 15.3. The van der Waals surface area contributed by atoms with Crippen LogP contribution < -0.4 is 5.01 Å². The molecule has 1 heterocycles. The first-order valence-electron chi connectivity index (χ1n) is 7.99. The molecule has 0 N–H and O–H groups in total. The number of ether oxygens (including phenoxy) is 1. The Morgan fingerprint density at radius 3 is 2.52 bits per heavy atom. The fraction of sp³-hybridized carbons (Fsp3) is 0.211. The van der Waals surface area contributed by atoms with Crippen molar-refractivity contribution in [1.29, 1.82) is 0 Å². The SMILES string of the molecule is CCOC(=O)C1=NN(c2ccc(Br)cc2)C(=O)C[C@H]1c1ccccc1. The molecule has 3 rings (SSSR count). The molecule has 0 bridgehead atoms. The summed E-state index contributed by atoms with van der Waals surface area (Å²) in [6.07, 6.45) is 0.164. The van der Waals surface area contributed by atoms with Crippen molar-refractivity contribution in [3.63, 3.8) is 0 Å². The summed E-state index contributed by atoms with van der Waals surface area (Å²) in [5, 5.41) is 5.63. The third-order valence-electron chi connectivity index (χ3n) is 3.91. The molecule has 0 fully saturated rings. The van der Waals surface area contributed by atoms with E-state index in [9.17, 15) is 9.59 Å². The van der Waals surface area contributed by atoms with Crippen molar-refractivity contribution in [2.24, 2.45) is 5.10 Å². The van der Waals surface area contributed by atoms with Crippen LogP contribution in [0.5, 0.6) is 0 Å². The Morgan fingerprint density at radius 1 is 1.20 bits per heavy atom. The fourth-order valence-corrected chi connectivity index (χ4v) is 2.99. The highest BCUT2D eigenvalue weighted by atomic mass is 79.9. The lowest BCUT2D eigenvalue weighted by atomic mass is 9.89. The van der Waals surface area contributed by atoms with E-state index in [-0.39, 0.29) is 24.6 Å². The molecule has 0 radical (unpaired) electrons. The minimum atomic E-state index is -0.494. The van der Waals surface area contributed by atoms with E-state index >= 15 is 0 Å². The molecule has 1 atom stereocenters. The van der Waals surface area contributed by atoms with Crippen molar-refractivity contribution in [2.45, 2.75) is 19.3 Å². The van der Waals surface area contributed by atoms with E-state index in [0.717, 1.165) is 10.0 Å². The van der Waals surface area contributed by atoms with E-state index in [1.54, 1.807) is 19.1 Å². The van der Waals surface area contributed by atoms with E-state index < -0.39 is 11.9 Å². The second kappa shape index (κ2) is 7.61. The van der Waals surface area contributed by atoms with Gasteiger partial charge in [-0.15, -0.1) is 0 Å². The third-order valence-corrected chi connectivity index (χ3v) is 4.44. The van der Waals surface area contributed by atoms with Crippen LogP contribution in [0, 0.1) is 0 Å². The molecular weight excluding hydrogens is 384 g/mol. The number of rotatable bonds is 4. The molecule has 128 valence electrons. The van der Waals surface area contributed by atoms with Gasteiger partial charge in [0.2, 0.25) is 5.91 Å². The molecule has 0 saturated heterocycles. The highest BCUT2D eigenvalue weighted by Crippen LogP contribution is 2.30. The van der Waals surface area contributed by atoms with Gasteiger partial charge in [-0.1, -0.05) is 46.3 Å². The number of benzene rings is 2. The van der Waals surface area contributed by atoms with Gasteiger partial charge in [0, 0.05) is 16.8 Å². The number of hydrazone groups is 1. The largest absolute Gasteiger partial charge is 0.461 e. The van der Waals surface area contributed by atoms with Gasteiger partial charge in [-0.25, -0.2) is 9.80 Å². The van der Waals surface area contributed by atoms with E-state index in [4.69, 9.17) is 4.74 Å². The van der Waals surface area contributed by atoms with E-state index in [2.05, 4.69) is 21.0 Å². The molecule has 0 unspecified atom stereocenters. The number of anilines is 1. The molecule has 6 heteroatoms. The topological polar surface area (TPSA) is 59.0 Å². The van der Waals surface area contributed by atoms with Crippen LogP contribution in [0.3, 0.4) is 0 Å². The third kappa shape index (κ3) is 3.79. The van der Waals surface area contributed by atoms with E-state index in [1.165, 1.54) is 5.01 Å². The lowest BCUT2D eigenvalue weighted by Crippen LogP contribution is -2.39. The average Bonchev–Trinajstić information content (AvgIpc) is 2.63. The van der Waals surface area contributed by atoms with Crippen LogP contribution in [-0.4, -0.2) is 24.2 Å². The van der Waals surface area contributed by atoms with E-state index in [1.807, 2.05) is 42.5 Å². The number of hydrogen-bond donors (Lipinski definition) is 0. The molecule has 1 amide bonds. The molecular formula is C19H17BrN2O3. The number of nitrogens with zero attached hydrogens (tertiary/aromatic N) is 2. The summed E-state index contributed by atoms with van der Waals surface area (Å²) in [7, 11) is 0. The minimum Gasteiger partial charge on any atom is -0.461 e. The summed E-state index contributed by atoms with van der Waals surface area (Å²) in [5.41, 5.74) is 1.73. The molecule has 5 nitrogen and oxygen atoms in total. The summed E-state index contributed by atoms with van der Waals surface area (Å²) < 4.78 is 6.06. The Balaban J connectivity index is 2.02. The predicted octanol–water partition coefficient (Wildman–Crippen LogP) is 3.89. The van der Waals surface area contributed by atoms with Crippen LogP contribution in [-0.2, 0) is 14.3 Å². The Bertz CT molecular complexity index is 803. The quantitative estimate of drug-likeness (QED) is 0.731. The Labute approximate surface area is 154 Å². The van der Waals surface area contributed by atoms with Crippen LogP contribution >= 0.6 is 15.9 Å². The molecule has 0 saturated carbocycles. The molecule has 0 spiro atoms. The van der Waals surface area contributed by atoms with Crippen LogP contribution in [0.15, 0.2) is 64.2 Å². The molecule has 1 aliphatic heterocycles. The number of amides is 1. The highest BCUT2D eigenvalue weighted by Gasteiger charge is 2.35. The highest BCUT2D eigenvalue weighted by molar-refractivity contribution is 9.10. The Morgan fingerprint density at radius 2 is 1.88 bits per heavy atom. The second-order valence-electron chi connectivity index (χ2n) is 5.56. The van der Waals surface area contributed by atoms with Crippen LogP contribution in [0.25, 0.3) is 0 Å². The first-order chi connectivity index (χ1) is 12.1. The minimum absolute atomic E-state index is 0.163. The number of carbonyl (C=O) groups is 2. The summed E-state index contributed by atoms with van der Waals surface area (Å²) in [4.78, 5) is 25.1. The summed E-state index contributed by atoms with van der Waals surface area (Å²) in [6.45, 7) is 2.00. The van der Waals surface area contributed by atoms with Gasteiger partial charge >= 0.3 is 5.97 Å². The number of esters is 1. The van der Waals surface area contributed by atoms with Crippen molar-refractivity contribution in [3.8, 4) is 0 Å². The number of carbonyl (C=O) groups excluding carboxylic acids is 2. The summed E-state index contributed by atoms with van der Waals surface area (Å²) in [6, 6.07) is 16.6. The zero-order valence-electron chi connectivity index (χ0n) is 13.7. The van der Waals surface area contributed by atoms with Gasteiger partial charge in [-0.3, -0.25) is 4.79 Å². The van der Waals surface area contributed by atoms with Gasteiger partial charge < -0.3 is 4.74 Å². The monoisotopic (exact) mass is 400 g/mol. The second-order valence-corrected chi connectivity index (χ2v) is 6.47. The van der Waals surface area contributed by atoms with Crippen LogP contribution in [0.1, 0.15) is 24.8 Å². The molecule has 1 aliphatic rings. The number of halogens is 1. The maximum absolute atomic E-state index is 12.6. The summed E-state index contributed by atoms with van der Waals surface area (Å²) >= 11 is 3.37. The Kier molecular flexibility index (Phi) is 5.28. The maximum Gasteiger partial charge on any atom is 0.355 e. The Hall–Kier alpha value is -2.47. The standard InChI is InChI=1S/C19H17BrN2O3/c1-2-25-19(24)18-16(13-6-4-3-5-7-13)12-17(23)22(21-18)15-10-8-14(20)9-11-15/h3-11,16H,2,12H2,1H3/t16-/m0/s1. The van der Waals surface area contributed by atoms with Gasteiger partial charge in [0.1, 0.15) is 0 Å². The summed E-state index contributed by atoms with van der Waals surface area (Å²) in [5.74, 6) is -1.06. The van der Waals surface area contributed by atoms with E-state index in [0.29, 0.717) is 5.69 Å². The lowest BCUT2D eigenvalue weighted by molar-refractivity contribution is -0.135. The van der Waals surface area contributed by atoms with Crippen molar-refractivity contribution in [1.82, 2.24) is 0 Å². The predicted molar refractivity (Wildman–Crippen MR) is 99.5 cm³/mol. The van der Waals surface area contributed by atoms with Gasteiger partial charge in [0.25, 0.3) is 0 Å². The fourth-order valence-electron chi connectivity index (χ4n) is 2.72. The van der Waals surface area contributed by atoms with Gasteiger partial charge in [-0.2, -0.15) is 5.10 Å². The molecule has 2 aromatic carbocycles.